The zero-order valence-corrected chi connectivity index (χ0v) is 18.0. The predicted molar refractivity (Wildman–Crippen MR) is 112 cm³/mol. The molecule has 0 saturated carbocycles. The molecule has 1 aromatic carbocycles. The summed E-state index contributed by atoms with van der Waals surface area (Å²) in [5.74, 6) is 0.511. The minimum atomic E-state index is -4.33. The van der Waals surface area contributed by atoms with Crippen molar-refractivity contribution in [3.05, 3.63) is 52.7 Å². The Bertz CT molecular complexity index is 930. The molecule has 1 N–H and O–H groups in total. The van der Waals surface area contributed by atoms with Gasteiger partial charge in [0.05, 0.1) is 16.9 Å². The molecule has 0 spiro atoms. The van der Waals surface area contributed by atoms with Crippen LogP contribution in [-0.2, 0) is 23.9 Å². The van der Waals surface area contributed by atoms with Gasteiger partial charge < -0.3 is 10.2 Å². The SMILES string of the molecule is Cc1cc2c(nc1NC(=O)CC(C)(C)C)C[C@@H](C)N2Cc1ccc(C(F)(F)F)cc1. The highest BCUT2D eigenvalue weighted by atomic mass is 19.4. The first kappa shape index (κ1) is 22.1. The number of hydrogen-bond donors (Lipinski definition) is 1. The molecule has 1 atom stereocenters. The molecule has 1 aromatic heterocycles. The van der Waals surface area contributed by atoms with Crippen LogP contribution in [0.5, 0.6) is 0 Å². The Kier molecular flexibility index (Phi) is 5.85. The largest absolute Gasteiger partial charge is 0.416 e. The number of nitrogens with zero attached hydrogens (tertiary/aromatic N) is 2. The summed E-state index contributed by atoms with van der Waals surface area (Å²) in [6.45, 7) is 10.5. The van der Waals surface area contributed by atoms with Crippen molar-refractivity contribution in [2.45, 2.75) is 66.2 Å². The highest BCUT2D eigenvalue weighted by Gasteiger charge is 2.31. The topological polar surface area (TPSA) is 45.2 Å². The molecule has 30 heavy (non-hydrogen) atoms. The van der Waals surface area contributed by atoms with Crippen molar-refractivity contribution < 1.29 is 18.0 Å². The number of halogens is 3. The van der Waals surface area contributed by atoms with Crippen LogP contribution in [0.4, 0.5) is 24.7 Å². The van der Waals surface area contributed by atoms with Crippen molar-refractivity contribution in [3.63, 3.8) is 0 Å². The molecule has 3 rings (SSSR count). The molecule has 1 aliphatic heterocycles. The molecular weight excluding hydrogens is 391 g/mol. The molecule has 1 amide bonds. The first-order valence-electron chi connectivity index (χ1n) is 10.1. The van der Waals surface area contributed by atoms with E-state index in [1.54, 1.807) is 0 Å². The van der Waals surface area contributed by atoms with Crippen molar-refractivity contribution >= 4 is 17.4 Å². The Morgan fingerprint density at radius 1 is 1.20 bits per heavy atom. The lowest BCUT2D eigenvalue weighted by atomic mass is 9.92. The Morgan fingerprint density at radius 3 is 2.40 bits per heavy atom. The lowest BCUT2D eigenvalue weighted by Crippen LogP contribution is -2.28. The van der Waals surface area contributed by atoms with Crippen LogP contribution in [-0.4, -0.2) is 16.9 Å². The Hall–Kier alpha value is -2.57. The molecule has 2 aromatic rings. The van der Waals surface area contributed by atoms with Gasteiger partial charge in [-0.3, -0.25) is 4.79 Å². The number of anilines is 2. The molecule has 0 radical (unpaired) electrons. The third-order valence-corrected chi connectivity index (χ3v) is 5.18. The van der Waals surface area contributed by atoms with E-state index in [1.807, 2.05) is 33.8 Å². The van der Waals surface area contributed by atoms with Gasteiger partial charge in [-0.1, -0.05) is 32.9 Å². The summed E-state index contributed by atoms with van der Waals surface area (Å²) >= 11 is 0. The van der Waals surface area contributed by atoms with Gasteiger partial charge in [0, 0.05) is 25.4 Å². The fourth-order valence-corrected chi connectivity index (χ4v) is 3.68. The normalized spacial score (nSPS) is 16.5. The average Bonchev–Trinajstić information content (AvgIpc) is 2.88. The first-order valence-corrected chi connectivity index (χ1v) is 10.1. The summed E-state index contributed by atoms with van der Waals surface area (Å²) in [6.07, 6.45) is -3.21. The fraction of sp³-hybridized carbons (Fsp3) is 0.478. The van der Waals surface area contributed by atoms with Crippen LogP contribution in [0.2, 0.25) is 0 Å². The maximum absolute atomic E-state index is 12.8. The maximum Gasteiger partial charge on any atom is 0.416 e. The highest BCUT2D eigenvalue weighted by Crippen LogP contribution is 2.36. The van der Waals surface area contributed by atoms with E-state index in [2.05, 4.69) is 22.1 Å². The molecule has 0 aliphatic carbocycles. The summed E-state index contributed by atoms with van der Waals surface area (Å²) in [4.78, 5) is 19.1. The van der Waals surface area contributed by atoms with E-state index in [0.29, 0.717) is 18.8 Å². The summed E-state index contributed by atoms with van der Waals surface area (Å²) in [6, 6.07) is 7.45. The molecule has 2 heterocycles. The summed E-state index contributed by atoms with van der Waals surface area (Å²) < 4.78 is 38.4. The van der Waals surface area contributed by atoms with Crippen molar-refractivity contribution in [2.24, 2.45) is 5.41 Å². The van der Waals surface area contributed by atoms with E-state index in [4.69, 9.17) is 0 Å². The second-order valence-electron chi connectivity index (χ2n) is 9.28. The number of fused-ring (bicyclic) bond motifs is 1. The lowest BCUT2D eigenvalue weighted by molar-refractivity contribution is -0.137. The number of carbonyl (C=O) groups excluding carboxylic acids is 1. The predicted octanol–water partition coefficient (Wildman–Crippen LogP) is 5.73. The van der Waals surface area contributed by atoms with Crippen molar-refractivity contribution in [1.82, 2.24) is 4.98 Å². The van der Waals surface area contributed by atoms with Gasteiger partial charge in [0.2, 0.25) is 5.91 Å². The average molecular weight is 419 g/mol. The van der Waals surface area contributed by atoms with E-state index in [-0.39, 0.29) is 17.4 Å². The van der Waals surface area contributed by atoms with Gasteiger partial charge in [-0.25, -0.2) is 4.98 Å². The number of carbonyl (C=O) groups is 1. The van der Waals surface area contributed by atoms with Crippen molar-refractivity contribution in [1.29, 1.82) is 0 Å². The Labute approximate surface area is 175 Å². The van der Waals surface area contributed by atoms with Crippen molar-refractivity contribution in [2.75, 3.05) is 10.2 Å². The number of amides is 1. The van der Waals surface area contributed by atoms with Gasteiger partial charge >= 0.3 is 6.18 Å². The monoisotopic (exact) mass is 419 g/mol. The third kappa shape index (κ3) is 5.12. The lowest BCUT2D eigenvalue weighted by Gasteiger charge is -2.25. The molecule has 0 bridgehead atoms. The number of nitrogens with one attached hydrogen (secondary N) is 1. The van der Waals surface area contributed by atoms with Crippen molar-refractivity contribution in [3.8, 4) is 0 Å². The van der Waals surface area contributed by atoms with Crippen LogP contribution in [0.3, 0.4) is 0 Å². The molecule has 0 saturated heterocycles. The maximum atomic E-state index is 12.8. The van der Waals surface area contributed by atoms with E-state index in [1.165, 1.54) is 12.1 Å². The molecule has 7 heteroatoms. The minimum Gasteiger partial charge on any atom is -0.363 e. The second-order valence-corrected chi connectivity index (χ2v) is 9.28. The molecule has 0 fully saturated rings. The first-order chi connectivity index (χ1) is 13.8. The van der Waals surface area contributed by atoms with Crippen LogP contribution in [0.15, 0.2) is 30.3 Å². The molecule has 4 nitrogen and oxygen atoms in total. The number of aromatic nitrogens is 1. The molecule has 1 aliphatic rings. The number of benzene rings is 1. The summed E-state index contributed by atoms with van der Waals surface area (Å²) in [5.41, 5.74) is 2.78. The van der Waals surface area contributed by atoms with Gasteiger partial charge in [-0.15, -0.1) is 0 Å². The standard InChI is InChI=1S/C23H28F3N3O/c1-14-10-19-18(27-21(14)28-20(30)12-22(3,4)5)11-15(2)29(19)13-16-6-8-17(9-7-16)23(24,25)26/h6-10,15H,11-13H2,1-5H3,(H,27,28,30)/t15-/m1/s1. The number of rotatable bonds is 4. The van der Waals surface area contributed by atoms with Gasteiger partial charge in [0.15, 0.2) is 0 Å². The van der Waals surface area contributed by atoms with Crippen LogP contribution < -0.4 is 10.2 Å². The quantitative estimate of drug-likeness (QED) is 0.688. The van der Waals surface area contributed by atoms with E-state index < -0.39 is 11.7 Å². The van der Waals surface area contributed by atoms with Gasteiger partial charge in [-0.2, -0.15) is 13.2 Å². The van der Waals surface area contributed by atoms with E-state index >= 15 is 0 Å². The van der Waals surface area contributed by atoms with Gasteiger partial charge in [0.25, 0.3) is 0 Å². The summed E-state index contributed by atoms with van der Waals surface area (Å²) in [7, 11) is 0. The molecular formula is C23H28F3N3O. The van der Waals surface area contributed by atoms with Crippen LogP contribution in [0.25, 0.3) is 0 Å². The highest BCUT2D eigenvalue weighted by molar-refractivity contribution is 5.91. The minimum absolute atomic E-state index is 0.0642. The summed E-state index contributed by atoms with van der Waals surface area (Å²) in [5, 5.41) is 2.92. The Balaban J connectivity index is 1.78. The molecule has 0 unspecified atom stereocenters. The number of pyridine rings is 1. The Morgan fingerprint density at radius 2 is 1.83 bits per heavy atom. The number of alkyl halides is 3. The van der Waals surface area contributed by atoms with Crippen LogP contribution in [0, 0.1) is 12.3 Å². The van der Waals surface area contributed by atoms with E-state index in [9.17, 15) is 18.0 Å². The third-order valence-electron chi connectivity index (χ3n) is 5.18. The zero-order chi connectivity index (χ0) is 22.3. The van der Waals surface area contributed by atoms with Crippen LogP contribution in [0.1, 0.15) is 56.5 Å². The number of aryl methyl sites for hydroxylation is 1. The van der Waals surface area contributed by atoms with Crippen LogP contribution >= 0.6 is 0 Å². The smallest absolute Gasteiger partial charge is 0.363 e. The zero-order valence-electron chi connectivity index (χ0n) is 18.0. The molecule has 162 valence electrons. The fourth-order valence-electron chi connectivity index (χ4n) is 3.68. The second kappa shape index (κ2) is 7.93. The number of hydrogen-bond acceptors (Lipinski definition) is 3. The van der Waals surface area contributed by atoms with E-state index in [0.717, 1.165) is 41.1 Å². The van der Waals surface area contributed by atoms with Gasteiger partial charge in [0.1, 0.15) is 5.82 Å². The van der Waals surface area contributed by atoms with Gasteiger partial charge in [-0.05, 0) is 48.6 Å².